The lowest BCUT2D eigenvalue weighted by Crippen LogP contribution is -2.52. The van der Waals surface area contributed by atoms with E-state index in [0.717, 1.165) is 18.4 Å². The molecule has 0 bridgehead atoms. The van der Waals surface area contributed by atoms with Crippen LogP contribution in [0.4, 0.5) is 0 Å². The summed E-state index contributed by atoms with van der Waals surface area (Å²) < 4.78 is 0. The Labute approximate surface area is 133 Å². The molecule has 0 aromatic heterocycles. The fourth-order valence-corrected chi connectivity index (χ4v) is 2.95. The quantitative estimate of drug-likeness (QED) is 0.747. The van der Waals surface area contributed by atoms with Crippen molar-refractivity contribution < 1.29 is 4.79 Å². The number of likely N-dealkylation sites (N-methyl/N-ethyl adjacent to an activating group) is 1. The van der Waals surface area contributed by atoms with Crippen LogP contribution in [0, 0.1) is 6.92 Å². The van der Waals surface area contributed by atoms with E-state index >= 15 is 0 Å². The largest absolute Gasteiger partial charge is 0.297 e. The Morgan fingerprint density at radius 1 is 1.00 bits per heavy atom. The van der Waals surface area contributed by atoms with Gasteiger partial charge in [0.05, 0.1) is 5.54 Å². The highest BCUT2D eigenvalue weighted by Crippen LogP contribution is 2.27. The summed E-state index contributed by atoms with van der Waals surface area (Å²) in [6.45, 7) is 4.17. The average molecular weight is 295 g/mol. The van der Waals surface area contributed by atoms with Gasteiger partial charge in [-0.25, -0.2) is 0 Å². The zero-order chi connectivity index (χ0) is 16.2. The van der Waals surface area contributed by atoms with Crippen LogP contribution in [-0.2, 0) is 6.42 Å². The molecule has 0 aliphatic heterocycles. The summed E-state index contributed by atoms with van der Waals surface area (Å²) in [5.74, 6) is 0.196. The topological polar surface area (TPSA) is 20.3 Å². The highest BCUT2D eigenvalue weighted by Gasteiger charge is 2.39. The summed E-state index contributed by atoms with van der Waals surface area (Å²) in [5.41, 5.74) is 2.72. The van der Waals surface area contributed by atoms with Gasteiger partial charge in [-0.1, -0.05) is 67.1 Å². The zero-order valence-corrected chi connectivity index (χ0v) is 14.0. The maximum Gasteiger partial charge on any atom is 0.183 e. The van der Waals surface area contributed by atoms with Crippen molar-refractivity contribution in [2.75, 3.05) is 14.1 Å². The second kappa shape index (κ2) is 6.89. The number of carbonyl (C=O) groups excluding carboxylic acids is 1. The van der Waals surface area contributed by atoms with Crippen LogP contribution in [0.2, 0.25) is 0 Å². The normalized spacial score (nSPS) is 13.9. The Kier molecular flexibility index (Phi) is 5.15. The van der Waals surface area contributed by atoms with Crippen LogP contribution >= 0.6 is 0 Å². The molecule has 1 atom stereocenters. The number of Topliss-reactive ketones (excluding diaryl/α,β-unsaturated/α-hetero) is 1. The Bertz CT molecular complexity index is 616. The molecule has 0 saturated carbocycles. The van der Waals surface area contributed by atoms with Crippen molar-refractivity contribution in [1.29, 1.82) is 0 Å². The molecule has 0 aliphatic rings. The first-order valence-corrected chi connectivity index (χ1v) is 7.82. The summed E-state index contributed by atoms with van der Waals surface area (Å²) in [6.07, 6.45) is 1.51. The van der Waals surface area contributed by atoms with Crippen molar-refractivity contribution in [3.63, 3.8) is 0 Å². The number of carbonyl (C=O) groups is 1. The highest BCUT2D eigenvalue weighted by atomic mass is 16.1. The van der Waals surface area contributed by atoms with E-state index in [1.807, 2.05) is 44.4 Å². The van der Waals surface area contributed by atoms with E-state index in [-0.39, 0.29) is 5.78 Å². The van der Waals surface area contributed by atoms with E-state index in [4.69, 9.17) is 0 Å². The van der Waals surface area contributed by atoms with Gasteiger partial charge in [0.2, 0.25) is 0 Å². The smallest absolute Gasteiger partial charge is 0.183 e. The second-order valence-corrected chi connectivity index (χ2v) is 6.14. The number of hydrogen-bond acceptors (Lipinski definition) is 2. The Balaban J connectivity index is 2.39. The highest BCUT2D eigenvalue weighted by molar-refractivity contribution is 6.03. The molecule has 2 heteroatoms. The molecule has 0 amide bonds. The lowest BCUT2D eigenvalue weighted by Gasteiger charge is -2.38. The van der Waals surface area contributed by atoms with E-state index in [0.29, 0.717) is 0 Å². The van der Waals surface area contributed by atoms with Gasteiger partial charge in [0.1, 0.15) is 0 Å². The molecule has 2 rings (SSSR count). The van der Waals surface area contributed by atoms with Gasteiger partial charge in [-0.3, -0.25) is 9.69 Å². The summed E-state index contributed by atoms with van der Waals surface area (Å²) in [5, 5.41) is 0. The second-order valence-electron chi connectivity index (χ2n) is 6.14. The van der Waals surface area contributed by atoms with Crippen molar-refractivity contribution >= 4 is 5.78 Å². The molecular weight excluding hydrogens is 270 g/mol. The Morgan fingerprint density at radius 2 is 1.59 bits per heavy atom. The lowest BCUT2D eigenvalue weighted by molar-refractivity contribution is 0.0666. The van der Waals surface area contributed by atoms with Crippen LogP contribution in [0.15, 0.2) is 54.6 Å². The number of benzene rings is 2. The minimum Gasteiger partial charge on any atom is -0.297 e. The van der Waals surface area contributed by atoms with Crippen LogP contribution in [0.3, 0.4) is 0 Å². The molecule has 2 aromatic carbocycles. The molecule has 0 saturated heterocycles. The standard InChI is InChI=1S/C20H25NO/c1-5-20(21(3)4,15-17-13-11-16(2)12-14-17)19(22)18-9-7-6-8-10-18/h6-14H,5,15H2,1-4H3. The minimum absolute atomic E-state index is 0.196. The van der Waals surface area contributed by atoms with Crippen LogP contribution in [0.5, 0.6) is 0 Å². The van der Waals surface area contributed by atoms with Crippen LogP contribution < -0.4 is 0 Å². The molecule has 0 fully saturated rings. The van der Waals surface area contributed by atoms with E-state index in [9.17, 15) is 4.79 Å². The first-order valence-electron chi connectivity index (χ1n) is 7.82. The number of ketones is 1. The maximum atomic E-state index is 13.2. The van der Waals surface area contributed by atoms with Crippen molar-refractivity contribution in [3.8, 4) is 0 Å². The van der Waals surface area contributed by atoms with Gasteiger partial charge in [0.25, 0.3) is 0 Å². The maximum absolute atomic E-state index is 13.2. The van der Waals surface area contributed by atoms with Crippen LogP contribution in [-0.4, -0.2) is 30.3 Å². The van der Waals surface area contributed by atoms with Gasteiger partial charge < -0.3 is 0 Å². The monoisotopic (exact) mass is 295 g/mol. The third kappa shape index (κ3) is 3.28. The van der Waals surface area contributed by atoms with Gasteiger partial charge in [0, 0.05) is 5.56 Å². The number of nitrogens with zero attached hydrogens (tertiary/aromatic N) is 1. The van der Waals surface area contributed by atoms with Crippen LogP contribution in [0.25, 0.3) is 0 Å². The number of aryl methyl sites for hydroxylation is 1. The number of rotatable bonds is 6. The third-order valence-corrected chi connectivity index (χ3v) is 4.52. The molecule has 2 aromatic rings. The molecule has 0 aliphatic carbocycles. The van der Waals surface area contributed by atoms with E-state index in [2.05, 4.69) is 43.0 Å². The first-order chi connectivity index (χ1) is 10.5. The Morgan fingerprint density at radius 3 is 2.09 bits per heavy atom. The molecule has 0 N–H and O–H groups in total. The Hall–Kier alpha value is -1.93. The molecule has 0 heterocycles. The molecule has 22 heavy (non-hydrogen) atoms. The predicted molar refractivity (Wildman–Crippen MR) is 92.4 cm³/mol. The minimum atomic E-state index is -0.503. The van der Waals surface area contributed by atoms with Crippen molar-refractivity contribution in [1.82, 2.24) is 4.90 Å². The number of hydrogen-bond donors (Lipinski definition) is 0. The van der Waals surface area contributed by atoms with Gasteiger partial charge >= 0.3 is 0 Å². The van der Waals surface area contributed by atoms with E-state index < -0.39 is 5.54 Å². The van der Waals surface area contributed by atoms with E-state index in [1.54, 1.807) is 0 Å². The predicted octanol–water partition coefficient (Wildman–Crippen LogP) is 4.13. The summed E-state index contributed by atoms with van der Waals surface area (Å²) in [7, 11) is 4.00. The summed E-state index contributed by atoms with van der Waals surface area (Å²) in [4.78, 5) is 15.2. The average Bonchev–Trinajstić information content (AvgIpc) is 2.54. The van der Waals surface area contributed by atoms with Gasteiger partial charge in [-0.05, 0) is 39.4 Å². The zero-order valence-electron chi connectivity index (χ0n) is 14.0. The fourth-order valence-electron chi connectivity index (χ4n) is 2.95. The summed E-state index contributed by atoms with van der Waals surface area (Å²) >= 11 is 0. The van der Waals surface area contributed by atoms with Gasteiger partial charge in [-0.2, -0.15) is 0 Å². The molecule has 2 nitrogen and oxygen atoms in total. The van der Waals surface area contributed by atoms with Crippen molar-refractivity contribution in [2.45, 2.75) is 32.2 Å². The van der Waals surface area contributed by atoms with Gasteiger partial charge in [0.15, 0.2) is 5.78 Å². The van der Waals surface area contributed by atoms with Crippen molar-refractivity contribution in [2.24, 2.45) is 0 Å². The first kappa shape index (κ1) is 16.4. The van der Waals surface area contributed by atoms with Crippen LogP contribution in [0.1, 0.15) is 34.8 Å². The van der Waals surface area contributed by atoms with E-state index in [1.165, 1.54) is 11.1 Å². The fraction of sp³-hybridized carbons (Fsp3) is 0.350. The molecular formula is C20H25NO. The molecule has 1 unspecified atom stereocenters. The van der Waals surface area contributed by atoms with Crippen molar-refractivity contribution in [3.05, 3.63) is 71.3 Å². The molecule has 0 radical (unpaired) electrons. The SMILES string of the molecule is CCC(Cc1ccc(C)cc1)(C(=O)c1ccccc1)N(C)C. The summed E-state index contributed by atoms with van der Waals surface area (Å²) in [6, 6.07) is 18.1. The van der Waals surface area contributed by atoms with Gasteiger partial charge in [-0.15, -0.1) is 0 Å². The molecule has 0 spiro atoms. The third-order valence-electron chi connectivity index (χ3n) is 4.52. The lowest BCUT2D eigenvalue weighted by atomic mass is 9.80. The molecule has 116 valence electrons.